The molecule has 0 spiro atoms. The highest BCUT2D eigenvalue weighted by atomic mass is 79.9. The quantitative estimate of drug-likeness (QED) is 0.870. The van der Waals surface area contributed by atoms with Gasteiger partial charge in [0.2, 0.25) is 0 Å². The molecule has 0 bridgehead atoms. The zero-order valence-corrected chi connectivity index (χ0v) is 10.5. The highest BCUT2D eigenvalue weighted by molar-refractivity contribution is 9.10. The van der Waals surface area contributed by atoms with Crippen LogP contribution in [-0.2, 0) is 15.1 Å². The molecule has 0 radical (unpaired) electrons. The number of esters is 1. The van der Waals surface area contributed by atoms with Gasteiger partial charge in [0, 0.05) is 10.0 Å². The standard InChI is InChI=1S/C11H12BrFO3/c1-3-16-10(14)11(2,15)8-6-7(12)4-5-9(8)13/h4-6,15H,3H2,1-2H3. The molecule has 1 N–H and O–H groups in total. The molecule has 1 unspecified atom stereocenters. The molecule has 1 atom stereocenters. The fourth-order valence-corrected chi connectivity index (χ4v) is 1.61. The SMILES string of the molecule is CCOC(=O)C(C)(O)c1cc(Br)ccc1F. The zero-order chi connectivity index (χ0) is 12.3. The van der Waals surface area contributed by atoms with Crippen molar-refractivity contribution in [1.29, 1.82) is 0 Å². The van der Waals surface area contributed by atoms with Crippen molar-refractivity contribution in [3.63, 3.8) is 0 Å². The Hall–Kier alpha value is -0.940. The Morgan fingerprint density at radius 1 is 1.62 bits per heavy atom. The van der Waals surface area contributed by atoms with Gasteiger partial charge >= 0.3 is 5.97 Å². The van der Waals surface area contributed by atoms with Crippen LogP contribution >= 0.6 is 15.9 Å². The van der Waals surface area contributed by atoms with E-state index in [1.54, 1.807) is 6.92 Å². The Morgan fingerprint density at radius 3 is 2.81 bits per heavy atom. The van der Waals surface area contributed by atoms with Gasteiger partial charge < -0.3 is 9.84 Å². The van der Waals surface area contributed by atoms with E-state index in [-0.39, 0.29) is 12.2 Å². The molecule has 88 valence electrons. The van der Waals surface area contributed by atoms with Gasteiger partial charge in [0.05, 0.1) is 6.61 Å². The molecule has 0 aliphatic carbocycles. The Balaban J connectivity index is 3.15. The van der Waals surface area contributed by atoms with Crippen LogP contribution in [0.1, 0.15) is 19.4 Å². The Bertz CT molecular complexity index is 404. The highest BCUT2D eigenvalue weighted by Crippen LogP contribution is 2.27. The lowest BCUT2D eigenvalue weighted by Crippen LogP contribution is -2.35. The van der Waals surface area contributed by atoms with Gasteiger partial charge in [0.1, 0.15) is 5.82 Å². The van der Waals surface area contributed by atoms with Gasteiger partial charge in [-0.15, -0.1) is 0 Å². The van der Waals surface area contributed by atoms with E-state index in [1.165, 1.54) is 25.1 Å². The van der Waals surface area contributed by atoms with Gasteiger partial charge in [-0.3, -0.25) is 0 Å². The van der Waals surface area contributed by atoms with Crippen molar-refractivity contribution >= 4 is 21.9 Å². The molecule has 16 heavy (non-hydrogen) atoms. The lowest BCUT2D eigenvalue weighted by molar-refractivity contribution is -0.164. The number of carbonyl (C=O) groups is 1. The molecule has 0 aliphatic rings. The van der Waals surface area contributed by atoms with Gasteiger partial charge in [0.25, 0.3) is 0 Å². The van der Waals surface area contributed by atoms with E-state index < -0.39 is 17.4 Å². The first-order valence-electron chi connectivity index (χ1n) is 4.74. The number of ether oxygens (including phenoxy) is 1. The molecular formula is C11H12BrFO3. The first kappa shape index (κ1) is 13.1. The summed E-state index contributed by atoms with van der Waals surface area (Å²) in [5.74, 6) is -1.52. The number of halogens is 2. The van der Waals surface area contributed by atoms with Gasteiger partial charge in [0.15, 0.2) is 5.60 Å². The summed E-state index contributed by atoms with van der Waals surface area (Å²) in [7, 11) is 0. The van der Waals surface area contributed by atoms with Crippen molar-refractivity contribution in [3.05, 3.63) is 34.1 Å². The minimum Gasteiger partial charge on any atom is -0.464 e. The molecule has 0 fully saturated rings. The second-order valence-electron chi connectivity index (χ2n) is 3.42. The number of benzene rings is 1. The molecule has 1 rings (SSSR count). The summed E-state index contributed by atoms with van der Waals surface area (Å²) in [4.78, 5) is 11.5. The molecule has 3 nitrogen and oxygen atoms in total. The van der Waals surface area contributed by atoms with Crippen molar-refractivity contribution in [1.82, 2.24) is 0 Å². The van der Waals surface area contributed by atoms with E-state index in [1.807, 2.05) is 0 Å². The van der Waals surface area contributed by atoms with E-state index in [2.05, 4.69) is 20.7 Å². The Kier molecular flexibility index (Phi) is 4.04. The summed E-state index contributed by atoms with van der Waals surface area (Å²) in [6, 6.07) is 4.01. The van der Waals surface area contributed by atoms with Crippen molar-refractivity contribution < 1.29 is 19.0 Å². The monoisotopic (exact) mass is 290 g/mol. The molecule has 1 aromatic rings. The summed E-state index contributed by atoms with van der Waals surface area (Å²) in [5, 5.41) is 9.96. The summed E-state index contributed by atoms with van der Waals surface area (Å²) in [6.07, 6.45) is 0. The summed E-state index contributed by atoms with van der Waals surface area (Å²) >= 11 is 3.15. The average Bonchev–Trinajstić information content (AvgIpc) is 2.22. The molecule has 1 aromatic carbocycles. The van der Waals surface area contributed by atoms with Crippen LogP contribution in [0.5, 0.6) is 0 Å². The maximum Gasteiger partial charge on any atom is 0.342 e. The van der Waals surface area contributed by atoms with Crippen molar-refractivity contribution in [2.75, 3.05) is 6.61 Å². The minimum atomic E-state index is -1.98. The first-order chi connectivity index (χ1) is 7.39. The average molecular weight is 291 g/mol. The lowest BCUT2D eigenvalue weighted by Gasteiger charge is -2.22. The van der Waals surface area contributed by atoms with Crippen LogP contribution in [0.25, 0.3) is 0 Å². The van der Waals surface area contributed by atoms with E-state index >= 15 is 0 Å². The predicted octanol–water partition coefficient (Wildman–Crippen LogP) is 2.36. The van der Waals surface area contributed by atoms with Crippen molar-refractivity contribution in [3.8, 4) is 0 Å². The first-order valence-corrected chi connectivity index (χ1v) is 5.54. The van der Waals surface area contributed by atoms with Gasteiger partial charge in [-0.1, -0.05) is 15.9 Å². The molecule has 0 aromatic heterocycles. The lowest BCUT2D eigenvalue weighted by atomic mass is 9.96. The Labute approximate surface area is 101 Å². The van der Waals surface area contributed by atoms with E-state index in [4.69, 9.17) is 0 Å². The van der Waals surface area contributed by atoms with Crippen LogP contribution in [0.15, 0.2) is 22.7 Å². The van der Waals surface area contributed by atoms with E-state index in [0.717, 1.165) is 0 Å². The van der Waals surface area contributed by atoms with E-state index in [9.17, 15) is 14.3 Å². The predicted molar refractivity (Wildman–Crippen MR) is 60.3 cm³/mol. The number of rotatable bonds is 3. The van der Waals surface area contributed by atoms with Crippen LogP contribution in [0.2, 0.25) is 0 Å². The van der Waals surface area contributed by atoms with Crippen LogP contribution in [-0.4, -0.2) is 17.7 Å². The van der Waals surface area contributed by atoms with E-state index in [0.29, 0.717) is 4.47 Å². The molecule has 5 heteroatoms. The van der Waals surface area contributed by atoms with Crippen LogP contribution in [0.3, 0.4) is 0 Å². The number of hydrogen-bond acceptors (Lipinski definition) is 3. The van der Waals surface area contributed by atoms with Gasteiger partial charge in [-0.2, -0.15) is 0 Å². The van der Waals surface area contributed by atoms with Crippen molar-refractivity contribution in [2.24, 2.45) is 0 Å². The second kappa shape index (κ2) is 4.93. The largest absolute Gasteiger partial charge is 0.464 e. The summed E-state index contributed by atoms with van der Waals surface area (Å²) in [5.41, 5.74) is -2.09. The van der Waals surface area contributed by atoms with Gasteiger partial charge in [-0.25, -0.2) is 9.18 Å². The topological polar surface area (TPSA) is 46.5 Å². The molecular weight excluding hydrogens is 279 g/mol. The van der Waals surface area contributed by atoms with Crippen LogP contribution in [0.4, 0.5) is 4.39 Å². The normalized spacial score (nSPS) is 14.3. The number of carbonyl (C=O) groups excluding carboxylic acids is 1. The maximum absolute atomic E-state index is 13.5. The minimum absolute atomic E-state index is 0.111. The summed E-state index contributed by atoms with van der Waals surface area (Å²) in [6.45, 7) is 2.95. The fraction of sp³-hybridized carbons (Fsp3) is 0.364. The van der Waals surface area contributed by atoms with Crippen molar-refractivity contribution in [2.45, 2.75) is 19.4 Å². The second-order valence-corrected chi connectivity index (χ2v) is 4.33. The number of aliphatic hydroxyl groups is 1. The molecule has 0 saturated carbocycles. The van der Waals surface area contributed by atoms with Crippen LogP contribution in [0, 0.1) is 5.82 Å². The smallest absolute Gasteiger partial charge is 0.342 e. The molecule has 0 aliphatic heterocycles. The highest BCUT2D eigenvalue weighted by Gasteiger charge is 2.36. The van der Waals surface area contributed by atoms with Crippen LogP contribution < -0.4 is 0 Å². The third kappa shape index (κ3) is 2.59. The molecule has 0 saturated heterocycles. The molecule has 0 heterocycles. The zero-order valence-electron chi connectivity index (χ0n) is 8.96. The summed E-state index contributed by atoms with van der Waals surface area (Å²) < 4.78 is 18.7. The third-order valence-corrected chi connectivity index (χ3v) is 2.62. The number of hydrogen-bond donors (Lipinski definition) is 1. The van der Waals surface area contributed by atoms with Gasteiger partial charge in [-0.05, 0) is 32.0 Å². The maximum atomic E-state index is 13.5. The fourth-order valence-electron chi connectivity index (χ4n) is 1.25. The third-order valence-electron chi connectivity index (χ3n) is 2.13. The molecule has 0 amide bonds. The Morgan fingerprint density at radius 2 is 2.25 bits per heavy atom.